The number of aromatic nitrogens is 1. The van der Waals surface area contributed by atoms with Gasteiger partial charge in [-0.3, -0.25) is 0 Å². The molecule has 0 aliphatic rings. The molecular weight excluding hydrogens is 228 g/mol. The fourth-order valence-corrected chi connectivity index (χ4v) is 2.58. The Balaban J connectivity index is 2.12. The van der Waals surface area contributed by atoms with Crippen LogP contribution in [0.1, 0.15) is 24.6 Å². The molecule has 1 aromatic heterocycles. The third kappa shape index (κ3) is 3.14. The maximum Gasteiger partial charge on any atom is 0.123 e. The fraction of sp³-hybridized carbons (Fsp3) is 0.357. The fourth-order valence-electron chi connectivity index (χ4n) is 1.72. The van der Waals surface area contributed by atoms with Crippen molar-refractivity contribution in [2.75, 3.05) is 6.54 Å². The van der Waals surface area contributed by atoms with Crippen molar-refractivity contribution in [1.29, 1.82) is 0 Å². The number of benzene rings is 1. The molecule has 2 aromatic rings. The topological polar surface area (TPSA) is 38.9 Å². The Labute approximate surface area is 107 Å². The molecule has 90 valence electrons. The van der Waals surface area contributed by atoms with Crippen LogP contribution in [0.25, 0.3) is 10.6 Å². The summed E-state index contributed by atoms with van der Waals surface area (Å²) in [5, 5.41) is 3.25. The van der Waals surface area contributed by atoms with Gasteiger partial charge in [-0.15, -0.1) is 11.3 Å². The molecular formula is C14H18N2S. The first-order valence-corrected chi connectivity index (χ1v) is 6.95. The number of thiazole rings is 1. The normalized spacial score (nSPS) is 10.7. The molecule has 2 nitrogen and oxygen atoms in total. The number of nitrogens with two attached hydrogens (primary N) is 1. The van der Waals surface area contributed by atoms with E-state index in [1.54, 1.807) is 11.3 Å². The van der Waals surface area contributed by atoms with Crippen LogP contribution in [0.2, 0.25) is 0 Å². The van der Waals surface area contributed by atoms with Gasteiger partial charge in [0.25, 0.3) is 0 Å². The van der Waals surface area contributed by atoms with Crippen LogP contribution in [-0.2, 0) is 12.8 Å². The number of aryl methyl sites for hydroxylation is 2. The minimum absolute atomic E-state index is 0.734. The molecule has 2 N–H and O–H groups in total. The Morgan fingerprint density at radius 3 is 2.65 bits per heavy atom. The van der Waals surface area contributed by atoms with Crippen LogP contribution in [0.5, 0.6) is 0 Å². The van der Waals surface area contributed by atoms with Crippen LogP contribution >= 0.6 is 11.3 Å². The van der Waals surface area contributed by atoms with Gasteiger partial charge in [-0.1, -0.05) is 31.2 Å². The monoisotopic (exact) mass is 246 g/mol. The van der Waals surface area contributed by atoms with E-state index in [4.69, 9.17) is 5.73 Å². The van der Waals surface area contributed by atoms with Gasteiger partial charge in [0.1, 0.15) is 5.01 Å². The van der Waals surface area contributed by atoms with E-state index in [1.165, 1.54) is 11.1 Å². The summed E-state index contributed by atoms with van der Waals surface area (Å²) in [4.78, 5) is 4.64. The molecule has 3 heteroatoms. The maximum atomic E-state index is 5.50. The Kier molecular flexibility index (Phi) is 4.29. The minimum atomic E-state index is 0.734. The standard InChI is InChI=1S/C14H18N2S/c1-2-11-5-7-12(8-6-11)14-16-13(10-17-14)4-3-9-15/h5-8,10H,2-4,9,15H2,1H3. The van der Waals surface area contributed by atoms with E-state index in [-0.39, 0.29) is 0 Å². The smallest absolute Gasteiger partial charge is 0.123 e. The molecule has 17 heavy (non-hydrogen) atoms. The Bertz CT molecular complexity index is 459. The average molecular weight is 246 g/mol. The van der Waals surface area contributed by atoms with E-state index < -0.39 is 0 Å². The van der Waals surface area contributed by atoms with E-state index in [0.717, 1.165) is 36.5 Å². The van der Waals surface area contributed by atoms with E-state index in [9.17, 15) is 0 Å². The predicted molar refractivity (Wildman–Crippen MR) is 74.3 cm³/mol. The Morgan fingerprint density at radius 1 is 1.24 bits per heavy atom. The Morgan fingerprint density at radius 2 is 2.00 bits per heavy atom. The number of rotatable bonds is 5. The van der Waals surface area contributed by atoms with Crippen molar-refractivity contribution < 1.29 is 0 Å². The molecule has 0 radical (unpaired) electrons. The van der Waals surface area contributed by atoms with E-state index in [1.807, 2.05) is 0 Å². The summed E-state index contributed by atoms with van der Waals surface area (Å²) in [5.41, 5.74) is 9.25. The van der Waals surface area contributed by atoms with Crippen molar-refractivity contribution in [3.8, 4) is 10.6 Å². The Hall–Kier alpha value is -1.19. The summed E-state index contributed by atoms with van der Waals surface area (Å²) in [6.45, 7) is 2.90. The third-order valence-corrected chi connectivity index (χ3v) is 3.74. The van der Waals surface area contributed by atoms with Crippen molar-refractivity contribution in [1.82, 2.24) is 4.98 Å². The highest BCUT2D eigenvalue weighted by atomic mass is 32.1. The summed E-state index contributed by atoms with van der Waals surface area (Å²) in [6, 6.07) is 8.67. The van der Waals surface area contributed by atoms with Crippen LogP contribution in [0.15, 0.2) is 29.6 Å². The zero-order valence-corrected chi connectivity index (χ0v) is 11.0. The average Bonchev–Trinajstić information content (AvgIpc) is 2.85. The van der Waals surface area contributed by atoms with Gasteiger partial charge in [0, 0.05) is 10.9 Å². The molecule has 0 aliphatic carbocycles. The van der Waals surface area contributed by atoms with E-state index in [0.29, 0.717) is 0 Å². The second-order valence-electron chi connectivity index (χ2n) is 4.09. The van der Waals surface area contributed by atoms with Crippen molar-refractivity contribution in [3.63, 3.8) is 0 Å². The lowest BCUT2D eigenvalue weighted by molar-refractivity contribution is 0.816. The van der Waals surface area contributed by atoms with Crippen molar-refractivity contribution in [3.05, 3.63) is 40.9 Å². The molecule has 0 bridgehead atoms. The molecule has 0 saturated heterocycles. The van der Waals surface area contributed by atoms with Gasteiger partial charge in [0.05, 0.1) is 5.69 Å². The lowest BCUT2D eigenvalue weighted by atomic mass is 10.1. The van der Waals surface area contributed by atoms with Gasteiger partial charge in [0.15, 0.2) is 0 Å². The van der Waals surface area contributed by atoms with Crippen LogP contribution in [0.3, 0.4) is 0 Å². The highest BCUT2D eigenvalue weighted by Gasteiger charge is 2.04. The van der Waals surface area contributed by atoms with Gasteiger partial charge < -0.3 is 5.73 Å². The van der Waals surface area contributed by atoms with Gasteiger partial charge >= 0.3 is 0 Å². The van der Waals surface area contributed by atoms with Gasteiger partial charge in [-0.25, -0.2) is 4.98 Å². The molecule has 0 saturated carbocycles. The molecule has 0 aliphatic heterocycles. The summed E-state index contributed by atoms with van der Waals surface area (Å²) in [7, 11) is 0. The molecule has 0 atom stereocenters. The number of hydrogen-bond acceptors (Lipinski definition) is 3. The SMILES string of the molecule is CCc1ccc(-c2nc(CCCN)cs2)cc1. The van der Waals surface area contributed by atoms with Crippen LogP contribution in [0.4, 0.5) is 0 Å². The molecule has 0 unspecified atom stereocenters. The van der Waals surface area contributed by atoms with Crippen LogP contribution < -0.4 is 5.73 Å². The van der Waals surface area contributed by atoms with Gasteiger partial charge in [-0.2, -0.15) is 0 Å². The first kappa shape index (κ1) is 12.3. The minimum Gasteiger partial charge on any atom is -0.330 e. The lowest BCUT2D eigenvalue weighted by Crippen LogP contribution is -2.00. The highest BCUT2D eigenvalue weighted by molar-refractivity contribution is 7.13. The molecule has 0 spiro atoms. The molecule has 1 aromatic carbocycles. The van der Waals surface area contributed by atoms with E-state index >= 15 is 0 Å². The second-order valence-corrected chi connectivity index (χ2v) is 4.94. The second kappa shape index (κ2) is 5.94. The summed E-state index contributed by atoms with van der Waals surface area (Å²) < 4.78 is 0. The third-order valence-electron chi connectivity index (χ3n) is 2.80. The quantitative estimate of drug-likeness (QED) is 0.879. The van der Waals surface area contributed by atoms with Crippen molar-refractivity contribution in [2.24, 2.45) is 5.73 Å². The molecule has 0 fully saturated rings. The number of nitrogens with zero attached hydrogens (tertiary/aromatic N) is 1. The molecule has 1 heterocycles. The predicted octanol–water partition coefficient (Wildman–Crippen LogP) is 3.26. The summed E-state index contributed by atoms with van der Waals surface area (Å²) in [5.74, 6) is 0. The molecule has 0 amide bonds. The van der Waals surface area contributed by atoms with E-state index in [2.05, 4.69) is 41.6 Å². The van der Waals surface area contributed by atoms with Gasteiger partial charge in [0.2, 0.25) is 0 Å². The summed E-state index contributed by atoms with van der Waals surface area (Å²) >= 11 is 1.71. The van der Waals surface area contributed by atoms with Gasteiger partial charge in [-0.05, 0) is 31.4 Å². The lowest BCUT2D eigenvalue weighted by Gasteiger charge is -1.99. The highest BCUT2D eigenvalue weighted by Crippen LogP contribution is 2.24. The first-order chi connectivity index (χ1) is 8.33. The number of hydrogen-bond donors (Lipinski definition) is 1. The molecule has 2 rings (SSSR count). The zero-order chi connectivity index (χ0) is 12.1. The first-order valence-electron chi connectivity index (χ1n) is 6.07. The van der Waals surface area contributed by atoms with Crippen molar-refractivity contribution in [2.45, 2.75) is 26.2 Å². The largest absolute Gasteiger partial charge is 0.330 e. The van der Waals surface area contributed by atoms with Crippen molar-refractivity contribution >= 4 is 11.3 Å². The van der Waals surface area contributed by atoms with Crippen LogP contribution in [0, 0.1) is 0 Å². The van der Waals surface area contributed by atoms with Crippen LogP contribution in [-0.4, -0.2) is 11.5 Å². The maximum absolute atomic E-state index is 5.50. The zero-order valence-electron chi connectivity index (χ0n) is 10.1. The summed E-state index contributed by atoms with van der Waals surface area (Å²) in [6.07, 6.45) is 3.08.